The average Bonchev–Trinajstić information content (AvgIpc) is 2.67. The number of aliphatic hydroxyl groups is 1. The van der Waals surface area contributed by atoms with Gasteiger partial charge in [0.15, 0.2) is 0 Å². The molecule has 0 aliphatic carbocycles. The first-order chi connectivity index (χ1) is 7.59. The van der Waals surface area contributed by atoms with Crippen molar-refractivity contribution in [2.24, 2.45) is 0 Å². The van der Waals surface area contributed by atoms with Gasteiger partial charge in [-0.15, -0.1) is 0 Å². The summed E-state index contributed by atoms with van der Waals surface area (Å²) in [6.07, 6.45) is -0.572. The first kappa shape index (κ1) is 12.3. The lowest BCUT2D eigenvalue weighted by Gasteiger charge is -2.11. The highest BCUT2D eigenvalue weighted by atomic mass is 79.9. The third-order valence-corrected chi connectivity index (χ3v) is 5.05. The third kappa shape index (κ3) is 2.40. The molecule has 1 nitrogen and oxygen atoms in total. The molecule has 2 rings (SSSR count). The first-order valence-electron chi connectivity index (χ1n) is 4.75. The zero-order valence-electron chi connectivity index (χ0n) is 8.58. The van der Waals surface area contributed by atoms with E-state index in [-0.39, 0.29) is 0 Å². The van der Waals surface area contributed by atoms with Crippen molar-refractivity contribution in [1.82, 2.24) is 0 Å². The molecule has 1 heterocycles. The van der Waals surface area contributed by atoms with Gasteiger partial charge in [-0.25, -0.2) is 0 Å². The summed E-state index contributed by atoms with van der Waals surface area (Å²) >= 11 is 8.49. The van der Waals surface area contributed by atoms with Crippen molar-refractivity contribution in [2.75, 3.05) is 0 Å². The van der Waals surface area contributed by atoms with E-state index in [9.17, 15) is 5.11 Å². The van der Waals surface area contributed by atoms with Crippen molar-refractivity contribution in [3.05, 3.63) is 54.6 Å². The molecule has 2 aromatic rings. The molecule has 4 heteroatoms. The predicted octanol–water partition coefficient (Wildman–Crippen LogP) is 4.66. The maximum atomic E-state index is 10.2. The van der Waals surface area contributed by atoms with Crippen LogP contribution in [-0.4, -0.2) is 5.11 Å². The second-order valence-electron chi connectivity index (χ2n) is 3.59. The van der Waals surface area contributed by atoms with Crippen molar-refractivity contribution >= 4 is 43.2 Å². The van der Waals surface area contributed by atoms with Gasteiger partial charge < -0.3 is 5.11 Å². The van der Waals surface area contributed by atoms with Crippen LogP contribution >= 0.6 is 43.2 Å². The molecule has 0 bridgehead atoms. The van der Waals surface area contributed by atoms with Gasteiger partial charge >= 0.3 is 0 Å². The van der Waals surface area contributed by atoms with Crippen LogP contribution in [0.25, 0.3) is 0 Å². The van der Waals surface area contributed by atoms with Gasteiger partial charge in [-0.3, -0.25) is 0 Å². The first-order valence-corrected chi connectivity index (χ1v) is 7.28. The van der Waals surface area contributed by atoms with Crippen LogP contribution in [0.4, 0.5) is 0 Å². The minimum Gasteiger partial charge on any atom is -0.384 e. The molecule has 0 aliphatic heterocycles. The number of hydrogen-bond acceptors (Lipinski definition) is 2. The maximum absolute atomic E-state index is 10.2. The second kappa shape index (κ2) is 5.00. The van der Waals surface area contributed by atoms with E-state index in [1.807, 2.05) is 35.9 Å². The van der Waals surface area contributed by atoms with Crippen LogP contribution in [0, 0.1) is 6.92 Å². The molecule has 1 aromatic carbocycles. The van der Waals surface area contributed by atoms with Crippen molar-refractivity contribution in [2.45, 2.75) is 13.0 Å². The second-order valence-corrected chi connectivity index (χ2v) is 6.04. The number of hydrogen-bond donors (Lipinski definition) is 1. The van der Waals surface area contributed by atoms with E-state index in [4.69, 9.17) is 0 Å². The number of aryl methyl sites for hydroxylation is 1. The zero-order valence-corrected chi connectivity index (χ0v) is 12.6. The average molecular weight is 362 g/mol. The minimum absolute atomic E-state index is 0.572. The Morgan fingerprint density at radius 3 is 2.50 bits per heavy atom. The highest BCUT2D eigenvalue weighted by Gasteiger charge is 2.14. The molecule has 84 valence electrons. The Balaban J connectivity index is 2.38. The molecule has 0 radical (unpaired) electrons. The van der Waals surface area contributed by atoms with E-state index in [0.29, 0.717) is 0 Å². The minimum atomic E-state index is -0.572. The molecule has 1 N–H and O–H groups in total. The Hall–Kier alpha value is -0.160. The summed E-state index contributed by atoms with van der Waals surface area (Å²) in [7, 11) is 0. The van der Waals surface area contributed by atoms with Crippen LogP contribution < -0.4 is 0 Å². The Morgan fingerprint density at radius 1 is 1.19 bits per heavy atom. The van der Waals surface area contributed by atoms with Crippen LogP contribution in [0.1, 0.15) is 22.8 Å². The molecule has 0 aliphatic rings. The van der Waals surface area contributed by atoms with Gasteiger partial charge in [-0.05, 0) is 45.4 Å². The fraction of sp³-hybridized carbons (Fsp3) is 0.167. The lowest BCUT2D eigenvalue weighted by molar-refractivity contribution is 0.220. The summed E-state index contributed by atoms with van der Waals surface area (Å²) in [6, 6.07) is 5.92. The SMILES string of the molecule is Cc1ccc(C(O)c2cscc2Br)cc1Br. The highest BCUT2D eigenvalue weighted by molar-refractivity contribution is 9.10. The summed E-state index contributed by atoms with van der Waals surface area (Å²) in [5.41, 5.74) is 2.98. The van der Waals surface area contributed by atoms with Crippen LogP contribution in [0.3, 0.4) is 0 Å². The number of rotatable bonds is 2. The van der Waals surface area contributed by atoms with Crippen molar-refractivity contribution < 1.29 is 5.11 Å². The van der Waals surface area contributed by atoms with Gasteiger partial charge in [0.05, 0.1) is 0 Å². The number of aliphatic hydroxyl groups excluding tert-OH is 1. The largest absolute Gasteiger partial charge is 0.384 e. The van der Waals surface area contributed by atoms with Gasteiger partial charge in [0, 0.05) is 19.9 Å². The molecular weight excluding hydrogens is 352 g/mol. The van der Waals surface area contributed by atoms with E-state index in [1.165, 1.54) is 5.56 Å². The fourth-order valence-corrected chi connectivity index (χ4v) is 3.37. The molecule has 1 aromatic heterocycles. The van der Waals surface area contributed by atoms with E-state index in [2.05, 4.69) is 31.9 Å². The van der Waals surface area contributed by atoms with Crippen molar-refractivity contribution in [1.29, 1.82) is 0 Å². The monoisotopic (exact) mass is 360 g/mol. The van der Waals surface area contributed by atoms with E-state index in [0.717, 1.165) is 20.1 Å². The van der Waals surface area contributed by atoms with Crippen LogP contribution in [0.2, 0.25) is 0 Å². The molecule has 0 spiro atoms. The third-order valence-electron chi connectivity index (χ3n) is 2.45. The number of halogens is 2. The number of thiophene rings is 1. The molecule has 0 saturated heterocycles. The van der Waals surface area contributed by atoms with Crippen LogP contribution in [0.5, 0.6) is 0 Å². The van der Waals surface area contributed by atoms with Gasteiger partial charge in [0.1, 0.15) is 6.10 Å². The highest BCUT2D eigenvalue weighted by Crippen LogP contribution is 2.32. The maximum Gasteiger partial charge on any atom is 0.106 e. The summed E-state index contributed by atoms with van der Waals surface area (Å²) < 4.78 is 1.98. The Morgan fingerprint density at radius 2 is 1.94 bits per heavy atom. The van der Waals surface area contributed by atoms with E-state index in [1.54, 1.807) is 11.3 Å². The lowest BCUT2D eigenvalue weighted by atomic mass is 10.0. The summed E-state index contributed by atoms with van der Waals surface area (Å²) in [4.78, 5) is 0. The number of benzene rings is 1. The fourth-order valence-electron chi connectivity index (χ4n) is 1.45. The quantitative estimate of drug-likeness (QED) is 0.824. The topological polar surface area (TPSA) is 20.2 Å². The zero-order chi connectivity index (χ0) is 11.7. The summed E-state index contributed by atoms with van der Waals surface area (Å²) in [6.45, 7) is 2.03. The van der Waals surface area contributed by atoms with Crippen LogP contribution in [-0.2, 0) is 0 Å². The van der Waals surface area contributed by atoms with E-state index < -0.39 is 6.10 Å². The van der Waals surface area contributed by atoms with Crippen LogP contribution in [0.15, 0.2) is 37.9 Å². The van der Waals surface area contributed by atoms with E-state index >= 15 is 0 Å². The summed E-state index contributed by atoms with van der Waals surface area (Å²) in [5.74, 6) is 0. The van der Waals surface area contributed by atoms with Gasteiger partial charge in [0.25, 0.3) is 0 Å². The Kier molecular flexibility index (Phi) is 3.85. The summed E-state index contributed by atoms with van der Waals surface area (Å²) in [5, 5.41) is 14.2. The molecule has 0 amide bonds. The Bertz CT molecular complexity index is 507. The molecule has 0 fully saturated rings. The predicted molar refractivity (Wildman–Crippen MR) is 75.0 cm³/mol. The van der Waals surface area contributed by atoms with Crippen molar-refractivity contribution in [3.8, 4) is 0 Å². The molecule has 16 heavy (non-hydrogen) atoms. The molecule has 0 saturated carbocycles. The molecule has 1 atom stereocenters. The van der Waals surface area contributed by atoms with Gasteiger partial charge in [-0.2, -0.15) is 11.3 Å². The van der Waals surface area contributed by atoms with Gasteiger partial charge in [0.2, 0.25) is 0 Å². The standard InChI is InChI=1S/C12H10Br2OS/c1-7-2-3-8(4-10(7)13)12(15)9-5-16-6-11(9)14/h2-6,12,15H,1H3. The Labute approximate surface area is 115 Å². The smallest absolute Gasteiger partial charge is 0.106 e. The molecule has 1 unspecified atom stereocenters. The normalized spacial score (nSPS) is 12.8. The lowest BCUT2D eigenvalue weighted by Crippen LogP contribution is -1.99. The van der Waals surface area contributed by atoms with Crippen molar-refractivity contribution in [3.63, 3.8) is 0 Å². The molecular formula is C12H10Br2OS. The van der Waals surface area contributed by atoms with Gasteiger partial charge in [-0.1, -0.05) is 28.1 Å².